The standard InChI is InChI=1S/C54H34N4/c1-4-16-35(17-5-1)52-53(36-18-6-2-7-19-36)56-54-42(27-15-28-47(54)55-52)39-22-14-25-41(30-39)58-48-29-13-12-26-43(48)45-33-46-44-31-37-20-10-11-21-38(37)32-49(44)57(51(46)34-50(45)58)40-23-8-3-9-24-40/h1-34H. The SMILES string of the molecule is c1ccc(-c2nc3cccc(-c4cccc(-n5c6ccccc6c6cc7c8cc9ccccc9cc8n(-c8ccccc8)c7cc65)c4)c3nc2-c2ccccc2)cc1. The van der Waals surface area contributed by atoms with Gasteiger partial charge in [-0.1, -0.05) is 146 Å². The molecule has 0 radical (unpaired) electrons. The fourth-order valence-electron chi connectivity index (χ4n) is 9.01. The van der Waals surface area contributed by atoms with Crippen molar-refractivity contribution in [3.05, 3.63) is 206 Å². The number of hydrogen-bond acceptors (Lipinski definition) is 2. The first-order valence-electron chi connectivity index (χ1n) is 19.7. The molecule has 0 aliphatic heterocycles. The van der Waals surface area contributed by atoms with Crippen LogP contribution in [0.4, 0.5) is 0 Å². The molecular weight excluding hydrogens is 705 g/mol. The van der Waals surface area contributed by atoms with Gasteiger partial charge in [0, 0.05) is 49.6 Å². The van der Waals surface area contributed by atoms with E-state index in [9.17, 15) is 0 Å². The Kier molecular flexibility index (Phi) is 7.20. The molecule has 0 fully saturated rings. The summed E-state index contributed by atoms with van der Waals surface area (Å²) >= 11 is 0. The fraction of sp³-hybridized carbons (Fsp3) is 0. The summed E-state index contributed by atoms with van der Waals surface area (Å²) in [6.45, 7) is 0. The number of hydrogen-bond donors (Lipinski definition) is 0. The molecule has 0 amide bonds. The number of rotatable bonds is 5. The second-order valence-corrected chi connectivity index (χ2v) is 15.0. The van der Waals surface area contributed by atoms with Crippen molar-refractivity contribution >= 4 is 65.4 Å². The monoisotopic (exact) mass is 738 g/mol. The molecule has 0 aliphatic rings. The van der Waals surface area contributed by atoms with Gasteiger partial charge in [0.25, 0.3) is 0 Å². The van der Waals surface area contributed by atoms with Gasteiger partial charge in [-0.05, 0) is 77.0 Å². The predicted molar refractivity (Wildman–Crippen MR) is 242 cm³/mol. The van der Waals surface area contributed by atoms with Gasteiger partial charge in [-0.15, -0.1) is 0 Å². The lowest BCUT2D eigenvalue weighted by molar-refractivity contribution is 1.17. The first-order valence-corrected chi connectivity index (χ1v) is 19.7. The van der Waals surface area contributed by atoms with Gasteiger partial charge >= 0.3 is 0 Å². The number of benzene rings is 9. The van der Waals surface area contributed by atoms with Gasteiger partial charge in [0.15, 0.2) is 0 Å². The summed E-state index contributed by atoms with van der Waals surface area (Å²) in [4.78, 5) is 10.7. The molecule has 0 saturated carbocycles. The highest BCUT2D eigenvalue weighted by Crippen LogP contribution is 2.42. The van der Waals surface area contributed by atoms with Gasteiger partial charge in [0.1, 0.15) is 0 Å². The Labute approximate surface area is 334 Å². The molecule has 3 aromatic heterocycles. The molecule has 0 N–H and O–H groups in total. The van der Waals surface area contributed by atoms with E-state index >= 15 is 0 Å². The minimum atomic E-state index is 0.863. The van der Waals surface area contributed by atoms with Gasteiger partial charge in [-0.2, -0.15) is 0 Å². The molecular formula is C54H34N4. The molecule has 270 valence electrons. The largest absolute Gasteiger partial charge is 0.309 e. The molecule has 0 bridgehead atoms. The molecule has 0 saturated heterocycles. The van der Waals surface area contributed by atoms with Crippen LogP contribution < -0.4 is 0 Å². The third-order valence-corrected chi connectivity index (χ3v) is 11.6. The molecule has 0 spiro atoms. The molecule has 0 atom stereocenters. The van der Waals surface area contributed by atoms with Crippen LogP contribution in [0.5, 0.6) is 0 Å². The van der Waals surface area contributed by atoms with Gasteiger partial charge in [-0.25, -0.2) is 9.97 Å². The summed E-state index contributed by atoms with van der Waals surface area (Å²) in [6, 6.07) is 73.7. The third-order valence-electron chi connectivity index (χ3n) is 11.6. The van der Waals surface area contributed by atoms with Gasteiger partial charge in [-0.3, -0.25) is 0 Å². The van der Waals surface area contributed by atoms with Crippen molar-refractivity contribution in [1.82, 2.24) is 19.1 Å². The Morgan fingerprint density at radius 1 is 0.310 bits per heavy atom. The van der Waals surface area contributed by atoms with Crippen molar-refractivity contribution < 1.29 is 0 Å². The van der Waals surface area contributed by atoms with Gasteiger partial charge in [0.2, 0.25) is 0 Å². The topological polar surface area (TPSA) is 35.6 Å². The zero-order valence-corrected chi connectivity index (χ0v) is 31.4. The first kappa shape index (κ1) is 32.4. The normalized spacial score (nSPS) is 11.8. The molecule has 58 heavy (non-hydrogen) atoms. The minimum absolute atomic E-state index is 0.863. The van der Waals surface area contributed by atoms with Crippen LogP contribution >= 0.6 is 0 Å². The molecule has 0 unspecified atom stereocenters. The van der Waals surface area contributed by atoms with Gasteiger partial charge in [0.05, 0.1) is 44.5 Å². The first-order chi connectivity index (χ1) is 28.8. The second-order valence-electron chi connectivity index (χ2n) is 15.0. The van der Waals surface area contributed by atoms with Crippen molar-refractivity contribution in [3.8, 4) is 45.0 Å². The smallest absolute Gasteiger partial charge is 0.0973 e. The van der Waals surface area contributed by atoms with Crippen LogP contribution in [0.25, 0.3) is 110 Å². The van der Waals surface area contributed by atoms with E-state index in [-0.39, 0.29) is 0 Å². The quantitative estimate of drug-likeness (QED) is 0.176. The summed E-state index contributed by atoms with van der Waals surface area (Å²) in [7, 11) is 0. The lowest BCUT2D eigenvalue weighted by Gasteiger charge is -2.14. The number of para-hydroxylation sites is 3. The maximum absolute atomic E-state index is 5.43. The van der Waals surface area contributed by atoms with E-state index in [0.717, 1.165) is 61.6 Å². The molecule has 0 aliphatic carbocycles. The van der Waals surface area contributed by atoms with Crippen molar-refractivity contribution in [2.24, 2.45) is 0 Å². The highest BCUT2D eigenvalue weighted by atomic mass is 15.0. The lowest BCUT2D eigenvalue weighted by atomic mass is 10.0. The highest BCUT2D eigenvalue weighted by molar-refractivity contribution is 6.20. The Hall–Kier alpha value is -7.82. The Morgan fingerprint density at radius 3 is 1.60 bits per heavy atom. The summed E-state index contributed by atoms with van der Waals surface area (Å²) in [5.41, 5.74) is 14.6. The Balaban J connectivity index is 1.10. The fourth-order valence-corrected chi connectivity index (χ4v) is 9.01. The molecule has 9 aromatic carbocycles. The summed E-state index contributed by atoms with van der Waals surface area (Å²) < 4.78 is 4.86. The molecule has 12 aromatic rings. The van der Waals surface area contributed by atoms with Crippen LogP contribution in [0.2, 0.25) is 0 Å². The van der Waals surface area contributed by atoms with Crippen molar-refractivity contribution in [1.29, 1.82) is 0 Å². The van der Waals surface area contributed by atoms with Crippen LogP contribution in [-0.2, 0) is 0 Å². The summed E-state index contributed by atoms with van der Waals surface area (Å²) in [5.74, 6) is 0. The average molecular weight is 739 g/mol. The van der Waals surface area contributed by atoms with Crippen LogP contribution in [-0.4, -0.2) is 19.1 Å². The third kappa shape index (κ3) is 5.02. The van der Waals surface area contributed by atoms with Crippen molar-refractivity contribution in [3.63, 3.8) is 0 Å². The maximum Gasteiger partial charge on any atom is 0.0973 e. The van der Waals surface area contributed by atoms with Crippen LogP contribution in [0.15, 0.2) is 206 Å². The molecule has 4 heteroatoms. The number of aromatic nitrogens is 4. The van der Waals surface area contributed by atoms with E-state index in [4.69, 9.17) is 9.97 Å². The maximum atomic E-state index is 5.43. The number of nitrogens with zero attached hydrogens (tertiary/aromatic N) is 4. The zero-order valence-electron chi connectivity index (χ0n) is 31.4. The van der Waals surface area contributed by atoms with E-state index in [1.165, 1.54) is 48.9 Å². The van der Waals surface area contributed by atoms with Crippen molar-refractivity contribution in [2.45, 2.75) is 0 Å². The molecule has 3 heterocycles. The van der Waals surface area contributed by atoms with E-state index in [2.05, 4.69) is 203 Å². The van der Waals surface area contributed by atoms with Crippen molar-refractivity contribution in [2.75, 3.05) is 0 Å². The molecule has 4 nitrogen and oxygen atoms in total. The predicted octanol–water partition coefficient (Wildman–Crippen LogP) is 14.0. The van der Waals surface area contributed by atoms with Gasteiger partial charge < -0.3 is 9.13 Å². The Morgan fingerprint density at radius 2 is 0.845 bits per heavy atom. The van der Waals surface area contributed by atoms with E-state index in [0.29, 0.717) is 0 Å². The average Bonchev–Trinajstić information content (AvgIpc) is 3.78. The van der Waals surface area contributed by atoms with E-state index in [1.54, 1.807) is 0 Å². The van der Waals surface area contributed by atoms with Crippen LogP contribution in [0, 0.1) is 0 Å². The zero-order chi connectivity index (χ0) is 38.2. The number of fused-ring (bicyclic) bond motifs is 8. The van der Waals surface area contributed by atoms with Crippen LogP contribution in [0.3, 0.4) is 0 Å². The van der Waals surface area contributed by atoms with E-state index < -0.39 is 0 Å². The summed E-state index contributed by atoms with van der Waals surface area (Å²) in [5, 5.41) is 7.42. The lowest BCUT2D eigenvalue weighted by Crippen LogP contribution is -1.98. The Bertz CT molecular complexity index is 3550. The minimum Gasteiger partial charge on any atom is -0.309 e. The highest BCUT2D eigenvalue weighted by Gasteiger charge is 2.20. The van der Waals surface area contributed by atoms with E-state index in [1.807, 2.05) is 12.1 Å². The van der Waals surface area contributed by atoms with Crippen LogP contribution in [0.1, 0.15) is 0 Å². The summed E-state index contributed by atoms with van der Waals surface area (Å²) in [6.07, 6.45) is 0. The molecule has 12 rings (SSSR count). The second kappa shape index (κ2) is 12.9.